The molecule has 1 spiro atoms. The largest absolute Gasteiger partial charge is 0.383 e. The maximum Gasteiger partial charge on any atom is 0.317 e. The van der Waals surface area contributed by atoms with E-state index in [1.807, 2.05) is 4.90 Å². The first-order valence-corrected chi connectivity index (χ1v) is 5.52. The number of carbonyl (C=O) groups excluding carboxylic acids is 1. The van der Waals surface area contributed by atoms with Gasteiger partial charge in [0, 0.05) is 26.7 Å². The first kappa shape index (κ1) is 10.7. The Morgan fingerprint density at radius 3 is 3.00 bits per heavy atom. The molecule has 5 heteroatoms. The van der Waals surface area contributed by atoms with E-state index >= 15 is 0 Å². The molecule has 15 heavy (non-hydrogen) atoms. The van der Waals surface area contributed by atoms with E-state index < -0.39 is 0 Å². The number of hydrogen-bond donors (Lipinski definition) is 2. The molecule has 2 amide bonds. The molecule has 2 saturated heterocycles. The molecule has 2 aliphatic heterocycles. The molecule has 2 heterocycles. The van der Waals surface area contributed by atoms with Crippen molar-refractivity contribution in [1.82, 2.24) is 15.5 Å². The van der Waals surface area contributed by atoms with Gasteiger partial charge in [-0.2, -0.15) is 0 Å². The van der Waals surface area contributed by atoms with E-state index in [-0.39, 0.29) is 11.6 Å². The highest BCUT2D eigenvalue weighted by Crippen LogP contribution is 2.23. The lowest BCUT2D eigenvalue weighted by Crippen LogP contribution is -2.61. The molecule has 0 aromatic rings. The van der Waals surface area contributed by atoms with Crippen molar-refractivity contribution < 1.29 is 9.53 Å². The van der Waals surface area contributed by atoms with Gasteiger partial charge in [0.05, 0.1) is 12.1 Å². The maximum absolute atomic E-state index is 11.8. The van der Waals surface area contributed by atoms with E-state index in [0.717, 1.165) is 32.5 Å². The van der Waals surface area contributed by atoms with Crippen LogP contribution in [0.1, 0.15) is 12.8 Å². The van der Waals surface area contributed by atoms with E-state index in [4.69, 9.17) is 4.74 Å². The Kier molecular flexibility index (Phi) is 3.11. The van der Waals surface area contributed by atoms with Gasteiger partial charge in [0.25, 0.3) is 0 Å². The van der Waals surface area contributed by atoms with Crippen LogP contribution >= 0.6 is 0 Å². The lowest BCUT2D eigenvalue weighted by Gasteiger charge is -2.39. The zero-order valence-corrected chi connectivity index (χ0v) is 9.21. The predicted molar refractivity (Wildman–Crippen MR) is 56.8 cm³/mol. The SMILES string of the molecule is COCCN1CC[C@@]2(CCNC2)NC1=O. The number of nitrogens with zero attached hydrogens (tertiary/aromatic N) is 1. The van der Waals surface area contributed by atoms with Crippen LogP contribution in [-0.4, -0.2) is 56.4 Å². The highest BCUT2D eigenvalue weighted by Gasteiger charge is 2.39. The molecule has 5 nitrogen and oxygen atoms in total. The Bertz CT molecular complexity index is 239. The first-order chi connectivity index (χ1) is 7.26. The number of ether oxygens (including phenoxy) is 1. The van der Waals surface area contributed by atoms with Crippen LogP contribution in [0, 0.1) is 0 Å². The molecule has 0 unspecified atom stereocenters. The first-order valence-electron chi connectivity index (χ1n) is 5.52. The summed E-state index contributed by atoms with van der Waals surface area (Å²) in [6, 6.07) is 0.0574. The molecule has 0 radical (unpaired) electrons. The van der Waals surface area contributed by atoms with Crippen LogP contribution in [-0.2, 0) is 4.74 Å². The minimum atomic E-state index is 0.0284. The second-order valence-electron chi connectivity index (χ2n) is 4.37. The molecular weight excluding hydrogens is 194 g/mol. The summed E-state index contributed by atoms with van der Waals surface area (Å²) in [5.74, 6) is 0. The summed E-state index contributed by atoms with van der Waals surface area (Å²) in [7, 11) is 1.66. The monoisotopic (exact) mass is 213 g/mol. The third kappa shape index (κ3) is 2.23. The Morgan fingerprint density at radius 1 is 1.53 bits per heavy atom. The third-order valence-corrected chi connectivity index (χ3v) is 3.33. The lowest BCUT2D eigenvalue weighted by molar-refractivity contribution is 0.120. The van der Waals surface area contributed by atoms with Crippen molar-refractivity contribution in [2.45, 2.75) is 18.4 Å². The van der Waals surface area contributed by atoms with Crippen molar-refractivity contribution in [2.24, 2.45) is 0 Å². The molecule has 2 fully saturated rings. The molecule has 0 bridgehead atoms. The van der Waals surface area contributed by atoms with Gasteiger partial charge in [-0.25, -0.2) is 4.79 Å². The fourth-order valence-electron chi connectivity index (χ4n) is 2.30. The van der Waals surface area contributed by atoms with Crippen molar-refractivity contribution >= 4 is 6.03 Å². The van der Waals surface area contributed by atoms with Gasteiger partial charge in [-0.15, -0.1) is 0 Å². The summed E-state index contributed by atoms with van der Waals surface area (Å²) in [6.45, 7) is 4.07. The average molecular weight is 213 g/mol. The molecule has 0 saturated carbocycles. The lowest BCUT2D eigenvalue weighted by atomic mass is 9.92. The van der Waals surface area contributed by atoms with Gasteiger partial charge in [-0.1, -0.05) is 0 Å². The van der Waals surface area contributed by atoms with Crippen LogP contribution < -0.4 is 10.6 Å². The van der Waals surface area contributed by atoms with E-state index in [2.05, 4.69) is 10.6 Å². The van der Waals surface area contributed by atoms with Gasteiger partial charge < -0.3 is 20.3 Å². The fraction of sp³-hybridized carbons (Fsp3) is 0.900. The van der Waals surface area contributed by atoms with Crippen LogP contribution in [0.15, 0.2) is 0 Å². The Hall–Kier alpha value is -0.810. The molecule has 0 aromatic carbocycles. The van der Waals surface area contributed by atoms with E-state index in [1.54, 1.807) is 7.11 Å². The van der Waals surface area contributed by atoms with Crippen molar-refractivity contribution in [2.75, 3.05) is 39.9 Å². The van der Waals surface area contributed by atoms with E-state index in [1.165, 1.54) is 0 Å². The van der Waals surface area contributed by atoms with Crippen molar-refractivity contribution in [1.29, 1.82) is 0 Å². The fourth-order valence-corrected chi connectivity index (χ4v) is 2.30. The molecule has 2 N–H and O–H groups in total. The minimum Gasteiger partial charge on any atom is -0.383 e. The Morgan fingerprint density at radius 2 is 2.40 bits per heavy atom. The molecule has 0 aliphatic carbocycles. The third-order valence-electron chi connectivity index (χ3n) is 3.33. The number of carbonyl (C=O) groups is 1. The van der Waals surface area contributed by atoms with E-state index in [9.17, 15) is 4.79 Å². The molecule has 2 aliphatic rings. The summed E-state index contributed by atoms with van der Waals surface area (Å²) >= 11 is 0. The minimum absolute atomic E-state index is 0.0284. The molecule has 0 aromatic heterocycles. The second kappa shape index (κ2) is 4.37. The van der Waals surface area contributed by atoms with Crippen LogP contribution in [0.4, 0.5) is 4.79 Å². The van der Waals surface area contributed by atoms with Crippen LogP contribution in [0.2, 0.25) is 0 Å². The van der Waals surface area contributed by atoms with Gasteiger partial charge in [0.2, 0.25) is 0 Å². The summed E-state index contributed by atoms with van der Waals surface area (Å²) in [4.78, 5) is 13.6. The Labute approximate surface area is 90.1 Å². The number of urea groups is 1. The number of hydrogen-bond acceptors (Lipinski definition) is 3. The van der Waals surface area contributed by atoms with Crippen molar-refractivity contribution in [3.05, 3.63) is 0 Å². The van der Waals surface area contributed by atoms with Gasteiger partial charge in [0.1, 0.15) is 0 Å². The van der Waals surface area contributed by atoms with Gasteiger partial charge >= 0.3 is 6.03 Å². The number of rotatable bonds is 3. The number of methoxy groups -OCH3 is 1. The smallest absolute Gasteiger partial charge is 0.317 e. The van der Waals surface area contributed by atoms with Gasteiger partial charge in [-0.3, -0.25) is 0 Å². The highest BCUT2D eigenvalue weighted by molar-refractivity contribution is 5.76. The molecular formula is C10H19N3O2. The summed E-state index contributed by atoms with van der Waals surface area (Å²) < 4.78 is 4.98. The standard InChI is InChI=1S/C10H19N3O2/c1-15-7-6-13-5-3-10(12-9(13)14)2-4-11-8-10/h11H,2-8H2,1H3,(H,12,14)/t10-/m1/s1. The number of nitrogens with one attached hydrogen (secondary N) is 2. The quantitative estimate of drug-likeness (QED) is 0.681. The summed E-state index contributed by atoms with van der Waals surface area (Å²) in [5.41, 5.74) is 0.0284. The average Bonchev–Trinajstić information content (AvgIpc) is 2.66. The van der Waals surface area contributed by atoms with Crippen LogP contribution in [0.25, 0.3) is 0 Å². The zero-order chi connectivity index (χ0) is 10.7. The summed E-state index contributed by atoms with van der Waals surface area (Å²) in [5, 5.41) is 6.42. The zero-order valence-electron chi connectivity index (χ0n) is 9.21. The van der Waals surface area contributed by atoms with Crippen LogP contribution in [0.5, 0.6) is 0 Å². The predicted octanol–water partition coefficient (Wildman–Crippen LogP) is -0.220. The normalized spacial score (nSPS) is 31.0. The highest BCUT2D eigenvalue weighted by atomic mass is 16.5. The van der Waals surface area contributed by atoms with Crippen LogP contribution in [0.3, 0.4) is 0 Å². The molecule has 1 atom stereocenters. The maximum atomic E-state index is 11.8. The summed E-state index contributed by atoms with van der Waals surface area (Å²) in [6.07, 6.45) is 2.09. The van der Waals surface area contributed by atoms with E-state index in [0.29, 0.717) is 13.2 Å². The topological polar surface area (TPSA) is 53.6 Å². The Balaban J connectivity index is 1.88. The van der Waals surface area contributed by atoms with Crippen molar-refractivity contribution in [3.8, 4) is 0 Å². The molecule has 2 rings (SSSR count). The molecule has 86 valence electrons. The second-order valence-corrected chi connectivity index (χ2v) is 4.37. The number of amides is 2. The van der Waals surface area contributed by atoms with Gasteiger partial charge in [0.15, 0.2) is 0 Å². The van der Waals surface area contributed by atoms with Crippen molar-refractivity contribution in [3.63, 3.8) is 0 Å². The van der Waals surface area contributed by atoms with Gasteiger partial charge in [-0.05, 0) is 19.4 Å².